The first-order valence-electron chi connectivity index (χ1n) is 6.21. The monoisotopic (exact) mass is 265 g/mol. The molecule has 0 saturated carbocycles. The molecule has 6 nitrogen and oxygen atoms in total. The summed E-state index contributed by atoms with van der Waals surface area (Å²) in [5, 5.41) is 11.4. The molecule has 1 heterocycles. The molecule has 0 aliphatic heterocycles. The van der Waals surface area contributed by atoms with Crippen LogP contribution in [0.15, 0.2) is 18.3 Å². The maximum Gasteiger partial charge on any atom is 0.305 e. The first-order valence-corrected chi connectivity index (χ1v) is 6.21. The van der Waals surface area contributed by atoms with Gasteiger partial charge in [0.15, 0.2) is 0 Å². The second-order valence-corrected chi connectivity index (χ2v) is 4.23. The fourth-order valence-electron chi connectivity index (χ4n) is 1.46. The number of pyridine rings is 1. The van der Waals surface area contributed by atoms with Crippen molar-refractivity contribution >= 4 is 17.7 Å². The van der Waals surface area contributed by atoms with Gasteiger partial charge in [0.05, 0.1) is 12.0 Å². The highest BCUT2D eigenvalue weighted by Crippen LogP contribution is 2.10. The summed E-state index contributed by atoms with van der Waals surface area (Å²) in [4.78, 5) is 28.0. The SMILES string of the molecule is CCCNC(=O)c1ccc(N(C)CCC(=O)O)nc1. The van der Waals surface area contributed by atoms with Crippen LogP contribution in [0.1, 0.15) is 30.1 Å². The fourth-order valence-corrected chi connectivity index (χ4v) is 1.46. The van der Waals surface area contributed by atoms with Crippen LogP contribution in [0.3, 0.4) is 0 Å². The van der Waals surface area contributed by atoms with E-state index >= 15 is 0 Å². The average Bonchev–Trinajstić information content (AvgIpc) is 2.42. The van der Waals surface area contributed by atoms with Crippen LogP contribution in [0.2, 0.25) is 0 Å². The standard InChI is InChI=1S/C13H19N3O3/c1-3-7-14-13(19)10-4-5-11(15-9-10)16(2)8-6-12(17)18/h4-5,9H,3,6-8H2,1-2H3,(H,14,19)(H,17,18). The molecule has 0 saturated heterocycles. The van der Waals surface area contributed by atoms with Crippen molar-refractivity contribution in [2.24, 2.45) is 0 Å². The third kappa shape index (κ3) is 4.95. The van der Waals surface area contributed by atoms with Gasteiger partial charge in [-0.25, -0.2) is 4.98 Å². The Morgan fingerprint density at radius 3 is 2.68 bits per heavy atom. The van der Waals surface area contributed by atoms with Crippen molar-refractivity contribution in [3.05, 3.63) is 23.9 Å². The number of hydrogen-bond donors (Lipinski definition) is 2. The minimum atomic E-state index is -0.845. The predicted molar refractivity (Wildman–Crippen MR) is 72.4 cm³/mol. The molecule has 1 rings (SSSR count). The van der Waals surface area contributed by atoms with Crippen molar-refractivity contribution < 1.29 is 14.7 Å². The summed E-state index contributed by atoms with van der Waals surface area (Å²) in [6, 6.07) is 3.40. The summed E-state index contributed by atoms with van der Waals surface area (Å²) in [6.07, 6.45) is 2.43. The van der Waals surface area contributed by atoms with Crippen molar-refractivity contribution in [1.29, 1.82) is 0 Å². The highest BCUT2D eigenvalue weighted by atomic mass is 16.4. The maximum atomic E-state index is 11.7. The molecule has 0 radical (unpaired) electrons. The van der Waals surface area contributed by atoms with Crippen LogP contribution >= 0.6 is 0 Å². The molecular formula is C13H19N3O3. The molecule has 1 aromatic rings. The van der Waals surface area contributed by atoms with Gasteiger partial charge in [-0.15, -0.1) is 0 Å². The summed E-state index contributed by atoms with van der Waals surface area (Å²) in [7, 11) is 1.77. The Morgan fingerprint density at radius 2 is 2.16 bits per heavy atom. The lowest BCUT2D eigenvalue weighted by atomic mass is 10.2. The highest BCUT2D eigenvalue weighted by Gasteiger charge is 2.08. The molecule has 6 heteroatoms. The van der Waals surface area contributed by atoms with Gasteiger partial charge < -0.3 is 15.3 Å². The van der Waals surface area contributed by atoms with Crippen LogP contribution in [0.5, 0.6) is 0 Å². The molecule has 1 amide bonds. The smallest absolute Gasteiger partial charge is 0.305 e. The van der Waals surface area contributed by atoms with Crippen LogP contribution < -0.4 is 10.2 Å². The number of aromatic nitrogens is 1. The first kappa shape index (κ1) is 14.9. The van der Waals surface area contributed by atoms with Crippen molar-refractivity contribution in [1.82, 2.24) is 10.3 Å². The van der Waals surface area contributed by atoms with E-state index in [0.717, 1.165) is 6.42 Å². The van der Waals surface area contributed by atoms with Crippen LogP contribution in [0.25, 0.3) is 0 Å². The minimum Gasteiger partial charge on any atom is -0.481 e. The Hall–Kier alpha value is -2.11. The van der Waals surface area contributed by atoms with E-state index in [2.05, 4.69) is 10.3 Å². The van der Waals surface area contributed by atoms with Crippen LogP contribution in [0, 0.1) is 0 Å². The van der Waals surface area contributed by atoms with E-state index in [1.165, 1.54) is 6.20 Å². The summed E-state index contributed by atoms with van der Waals surface area (Å²) < 4.78 is 0. The number of rotatable bonds is 7. The Labute approximate surface area is 112 Å². The van der Waals surface area contributed by atoms with Crippen molar-refractivity contribution in [2.45, 2.75) is 19.8 Å². The van der Waals surface area contributed by atoms with E-state index in [-0.39, 0.29) is 12.3 Å². The van der Waals surface area contributed by atoms with Crippen LogP contribution in [-0.2, 0) is 4.79 Å². The number of nitrogens with zero attached hydrogens (tertiary/aromatic N) is 2. The molecule has 0 spiro atoms. The number of carbonyl (C=O) groups excluding carboxylic acids is 1. The molecule has 0 aliphatic rings. The molecule has 2 N–H and O–H groups in total. The van der Waals surface area contributed by atoms with E-state index in [4.69, 9.17) is 5.11 Å². The van der Waals surface area contributed by atoms with E-state index in [1.807, 2.05) is 6.92 Å². The lowest BCUT2D eigenvalue weighted by Gasteiger charge is -2.17. The van der Waals surface area contributed by atoms with E-state index in [0.29, 0.717) is 24.5 Å². The molecule has 0 bridgehead atoms. The molecular weight excluding hydrogens is 246 g/mol. The number of carboxylic acid groups (broad SMARTS) is 1. The second kappa shape index (κ2) is 7.35. The van der Waals surface area contributed by atoms with Gasteiger partial charge in [0.1, 0.15) is 5.82 Å². The van der Waals surface area contributed by atoms with Gasteiger partial charge in [-0.2, -0.15) is 0 Å². The zero-order valence-electron chi connectivity index (χ0n) is 11.2. The number of anilines is 1. The Bertz CT molecular complexity index is 431. The largest absolute Gasteiger partial charge is 0.481 e. The molecule has 104 valence electrons. The Morgan fingerprint density at radius 1 is 1.42 bits per heavy atom. The zero-order chi connectivity index (χ0) is 14.3. The molecule has 0 fully saturated rings. The van der Waals surface area contributed by atoms with Crippen molar-refractivity contribution in [3.8, 4) is 0 Å². The van der Waals surface area contributed by atoms with Crippen LogP contribution in [0.4, 0.5) is 5.82 Å². The summed E-state index contributed by atoms with van der Waals surface area (Å²) in [5.41, 5.74) is 0.504. The average molecular weight is 265 g/mol. The van der Waals surface area contributed by atoms with Crippen molar-refractivity contribution in [3.63, 3.8) is 0 Å². The van der Waals surface area contributed by atoms with E-state index < -0.39 is 5.97 Å². The number of amides is 1. The lowest BCUT2D eigenvalue weighted by Crippen LogP contribution is -2.25. The molecule has 0 aromatic carbocycles. The predicted octanol–water partition coefficient (Wildman–Crippen LogP) is 1.13. The topological polar surface area (TPSA) is 82.5 Å². The van der Waals surface area contributed by atoms with Gasteiger partial charge in [-0.3, -0.25) is 9.59 Å². The quantitative estimate of drug-likeness (QED) is 0.772. The van der Waals surface area contributed by atoms with Gasteiger partial charge in [0.25, 0.3) is 5.91 Å². The molecule has 1 aromatic heterocycles. The molecule has 19 heavy (non-hydrogen) atoms. The molecule has 0 unspecified atom stereocenters. The normalized spacial score (nSPS) is 10.0. The number of nitrogens with one attached hydrogen (secondary N) is 1. The van der Waals surface area contributed by atoms with Gasteiger partial charge in [0.2, 0.25) is 0 Å². The lowest BCUT2D eigenvalue weighted by molar-refractivity contribution is -0.136. The van der Waals surface area contributed by atoms with Gasteiger partial charge in [-0.05, 0) is 18.6 Å². The van der Waals surface area contributed by atoms with Crippen molar-refractivity contribution in [2.75, 3.05) is 25.0 Å². The summed E-state index contributed by atoms with van der Waals surface area (Å²) >= 11 is 0. The summed E-state index contributed by atoms with van der Waals surface area (Å²) in [5.74, 6) is -0.343. The first-order chi connectivity index (χ1) is 9.04. The second-order valence-electron chi connectivity index (χ2n) is 4.23. The third-order valence-corrected chi connectivity index (χ3v) is 2.60. The number of aliphatic carboxylic acids is 1. The van der Waals surface area contributed by atoms with Crippen LogP contribution in [-0.4, -0.2) is 42.1 Å². The van der Waals surface area contributed by atoms with E-state index in [1.54, 1.807) is 24.1 Å². The Balaban J connectivity index is 2.60. The maximum absolute atomic E-state index is 11.7. The number of carbonyl (C=O) groups is 2. The molecule has 0 aliphatic carbocycles. The summed E-state index contributed by atoms with van der Waals surface area (Å²) in [6.45, 7) is 3.00. The minimum absolute atomic E-state index is 0.0525. The van der Waals surface area contributed by atoms with Gasteiger partial charge >= 0.3 is 5.97 Å². The highest BCUT2D eigenvalue weighted by molar-refractivity contribution is 5.94. The number of carboxylic acids is 1. The van der Waals surface area contributed by atoms with E-state index in [9.17, 15) is 9.59 Å². The molecule has 0 atom stereocenters. The third-order valence-electron chi connectivity index (χ3n) is 2.60. The number of hydrogen-bond acceptors (Lipinski definition) is 4. The van der Waals surface area contributed by atoms with Gasteiger partial charge in [0, 0.05) is 26.3 Å². The zero-order valence-corrected chi connectivity index (χ0v) is 11.2. The Kier molecular flexibility index (Phi) is 5.78. The fraction of sp³-hybridized carbons (Fsp3) is 0.462. The van der Waals surface area contributed by atoms with Gasteiger partial charge in [-0.1, -0.05) is 6.92 Å².